The van der Waals surface area contributed by atoms with Gasteiger partial charge in [0, 0.05) is 18.6 Å². The van der Waals surface area contributed by atoms with E-state index in [1.165, 1.54) is 29.8 Å². The molecule has 5 rings (SSSR count). The summed E-state index contributed by atoms with van der Waals surface area (Å²) in [6, 6.07) is 19.1. The smallest absolute Gasteiger partial charge is 0.380 e. The number of piperidine rings is 2. The summed E-state index contributed by atoms with van der Waals surface area (Å²) in [6.07, 6.45) is -5.00. The van der Waals surface area contributed by atoms with Crippen LogP contribution in [-0.4, -0.2) is 22.1 Å². The van der Waals surface area contributed by atoms with Crippen LogP contribution in [0.5, 0.6) is 0 Å². The van der Waals surface area contributed by atoms with E-state index < -0.39 is 29.1 Å². The van der Waals surface area contributed by atoms with Crippen molar-refractivity contribution in [2.75, 3.05) is 0 Å². The van der Waals surface area contributed by atoms with Gasteiger partial charge in [-0.25, -0.2) is 0 Å². The molecule has 0 aromatic heterocycles. The molecule has 2 aliphatic rings. The van der Waals surface area contributed by atoms with Crippen LogP contribution in [-0.2, 0) is 24.5 Å². The highest BCUT2D eigenvalue weighted by atomic mass is 35.5. The van der Waals surface area contributed by atoms with Crippen molar-refractivity contribution in [3.05, 3.63) is 107 Å². The number of benzene rings is 3. The molecule has 2 heterocycles. The van der Waals surface area contributed by atoms with Gasteiger partial charge in [0.1, 0.15) is 5.60 Å². The Kier molecular flexibility index (Phi) is 8.41. The lowest BCUT2D eigenvalue weighted by Gasteiger charge is -2.52. The van der Waals surface area contributed by atoms with Crippen molar-refractivity contribution in [3.8, 4) is 0 Å². The molecule has 2 nitrogen and oxygen atoms in total. The molecular weight excluding hydrogens is 540 g/mol. The highest BCUT2D eigenvalue weighted by Gasteiger charge is 2.48. The molecule has 3 aromatic rings. The molecule has 1 N–H and O–H groups in total. The topological polar surface area (TPSA) is 23.5 Å². The van der Waals surface area contributed by atoms with E-state index in [1.807, 2.05) is 18.2 Å². The van der Waals surface area contributed by atoms with Crippen LogP contribution in [0.1, 0.15) is 59.9 Å². The number of halogens is 7. The van der Waals surface area contributed by atoms with Crippen LogP contribution in [0.3, 0.4) is 0 Å². The van der Waals surface area contributed by atoms with Crippen molar-refractivity contribution in [1.29, 1.82) is 0 Å². The van der Waals surface area contributed by atoms with Crippen molar-refractivity contribution < 1.29 is 31.4 Å². The highest BCUT2D eigenvalue weighted by molar-refractivity contribution is 5.85. The molecule has 2 atom stereocenters. The molecule has 2 aliphatic heterocycles. The van der Waals surface area contributed by atoms with E-state index >= 15 is 0 Å². The number of rotatable bonds is 5. The molecule has 2 unspecified atom stereocenters. The standard InChI is InChI=1S/C30H29F6NO.ClH/c31-29(32,33)23-13-9-21(10-14-23)28(38,22-11-15-24(16-12-22)30(34,35)36)25-17-26-7-4-8-27(18-25)37(26)19-20-5-2-1-3-6-20;/h1-3,5-6,9-16,25-27,38H,4,7-8,17-19H2;1H. The molecule has 9 heteroatoms. The van der Waals surface area contributed by atoms with E-state index in [2.05, 4.69) is 17.0 Å². The van der Waals surface area contributed by atoms with Gasteiger partial charge in [0.2, 0.25) is 0 Å². The maximum atomic E-state index is 13.3. The second-order valence-electron chi connectivity index (χ2n) is 10.5. The van der Waals surface area contributed by atoms with Gasteiger partial charge in [-0.05, 0) is 72.6 Å². The summed E-state index contributed by atoms with van der Waals surface area (Å²) in [5, 5.41) is 12.3. The molecule has 210 valence electrons. The third-order valence-corrected chi connectivity index (χ3v) is 8.23. The minimum atomic E-state index is -4.54. The van der Waals surface area contributed by atoms with Crippen LogP contribution in [0, 0.1) is 5.92 Å². The average Bonchev–Trinajstić information content (AvgIpc) is 2.88. The quantitative estimate of drug-likeness (QED) is 0.313. The van der Waals surface area contributed by atoms with Gasteiger partial charge in [0.25, 0.3) is 0 Å². The first-order chi connectivity index (χ1) is 18.0. The second kappa shape index (κ2) is 11.1. The van der Waals surface area contributed by atoms with Gasteiger partial charge < -0.3 is 5.11 Å². The Hall–Kier alpha value is -2.55. The molecule has 39 heavy (non-hydrogen) atoms. The van der Waals surface area contributed by atoms with Crippen molar-refractivity contribution in [2.24, 2.45) is 5.92 Å². The number of aliphatic hydroxyl groups is 1. The first kappa shape index (κ1) is 29.4. The number of hydrogen-bond acceptors (Lipinski definition) is 2. The Labute approximate surface area is 230 Å². The van der Waals surface area contributed by atoms with Crippen LogP contribution >= 0.6 is 12.4 Å². The van der Waals surface area contributed by atoms with E-state index in [0.29, 0.717) is 12.8 Å². The molecule has 0 saturated carbocycles. The lowest BCUT2D eigenvalue weighted by Crippen LogP contribution is -2.55. The molecule has 2 fully saturated rings. The SMILES string of the molecule is Cl.OC(c1ccc(C(F)(F)F)cc1)(c1ccc(C(F)(F)F)cc1)C1CC2CCCC(C1)N2Cc1ccccc1. The largest absolute Gasteiger partial charge is 0.416 e. The fourth-order valence-electron chi connectivity index (χ4n) is 6.34. The van der Waals surface area contributed by atoms with Crippen LogP contribution < -0.4 is 0 Å². The molecule has 2 bridgehead atoms. The van der Waals surface area contributed by atoms with Gasteiger partial charge >= 0.3 is 12.4 Å². The van der Waals surface area contributed by atoms with E-state index in [-0.39, 0.29) is 41.5 Å². The zero-order valence-corrected chi connectivity index (χ0v) is 21.9. The fraction of sp³-hybridized carbons (Fsp3) is 0.400. The van der Waals surface area contributed by atoms with Gasteiger partial charge in [-0.1, -0.05) is 61.0 Å². The van der Waals surface area contributed by atoms with Gasteiger partial charge in [-0.15, -0.1) is 12.4 Å². The molecular formula is C30H30ClF6NO. The molecule has 0 spiro atoms. The first-order valence-corrected chi connectivity index (χ1v) is 12.8. The lowest BCUT2D eigenvalue weighted by molar-refractivity contribution is -0.138. The number of hydrogen-bond donors (Lipinski definition) is 1. The van der Waals surface area contributed by atoms with Crippen molar-refractivity contribution in [3.63, 3.8) is 0 Å². The Morgan fingerprint density at radius 1 is 0.641 bits per heavy atom. The number of nitrogens with zero attached hydrogens (tertiary/aromatic N) is 1. The third kappa shape index (κ3) is 5.98. The van der Waals surface area contributed by atoms with Crippen molar-refractivity contribution in [1.82, 2.24) is 4.90 Å². The summed E-state index contributed by atoms with van der Waals surface area (Å²) in [5.74, 6) is -0.377. The van der Waals surface area contributed by atoms with Gasteiger partial charge in [0.15, 0.2) is 0 Å². The first-order valence-electron chi connectivity index (χ1n) is 12.8. The fourth-order valence-corrected chi connectivity index (χ4v) is 6.34. The van der Waals surface area contributed by atoms with Crippen molar-refractivity contribution in [2.45, 2.75) is 68.7 Å². The molecule has 0 aliphatic carbocycles. The maximum absolute atomic E-state index is 13.3. The highest BCUT2D eigenvalue weighted by Crippen LogP contribution is 2.49. The van der Waals surface area contributed by atoms with E-state index in [1.54, 1.807) is 0 Å². The van der Waals surface area contributed by atoms with Crippen LogP contribution in [0.25, 0.3) is 0 Å². The van der Waals surface area contributed by atoms with Crippen molar-refractivity contribution >= 4 is 12.4 Å². The average molecular weight is 570 g/mol. The van der Waals surface area contributed by atoms with E-state index in [0.717, 1.165) is 50.1 Å². The normalized spacial score (nSPS) is 22.3. The summed E-state index contributed by atoms with van der Waals surface area (Å²) in [7, 11) is 0. The van der Waals surface area contributed by atoms with E-state index in [9.17, 15) is 31.4 Å². The van der Waals surface area contributed by atoms with E-state index in [4.69, 9.17) is 0 Å². The summed E-state index contributed by atoms with van der Waals surface area (Å²) in [6.45, 7) is 0.766. The van der Waals surface area contributed by atoms with Crippen LogP contribution in [0.15, 0.2) is 78.9 Å². The zero-order chi connectivity index (χ0) is 27.1. The van der Waals surface area contributed by atoms with Gasteiger partial charge in [0.05, 0.1) is 11.1 Å². The Balaban J connectivity index is 0.00000353. The third-order valence-electron chi connectivity index (χ3n) is 8.23. The predicted octanol–water partition coefficient (Wildman–Crippen LogP) is 8.22. The van der Waals surface area contributed by atoms with Crippen LogP contribution in [0.2, 0.25) is 0 Å². The Morgan fingerprint density at radius 3 is 1.46 bits per heavy atom. The molecule has 2 saturated heterocycles. The second-order valence-corrected chi connectivity index (χ2v) is 10.5. The summed E-state index contributed by atoms with van der Waals surface area (Å²) in [5.41, 5.74) is -1.73. The zero-order valence-electron chi connectivity index (χ0n) is 21.1. The molecule has 3 aromatic carbocycles. The van der Waals surface area contributed by atoms with Gasteiger partial charge in [-0.3, -0.25) is 4.90 Å². The number of alkyl halides is 6. The molecule has 0 amide bonds. The maximum Gasteiger partial charge on any atom is 0.416 e. The summed E-state index contributed by atoms with van der Waals surface area (Å²) in [4.78, 5) is 2.45. The Bertz CT molecular complexity index is 1160. The summed E-state index contributed by atoms with van der Waals surface area (Å²) >= 11 is 0. The minimum Gasteiger partial charge on any atom is -0.380 e. The van der Waals surface area contributed by atoms with Crippen LogP contribution in [0.4, 0.5) is 26.3 Å². The van der Waals surface area contributed by atoms with Gasteiger partial charge in [-0.2, -0.15) is 26.3 Å². The lowest BCUT2D eigenvalue weighted by atomic mass is 9.66. The minimum absolute atomic E-state index is 0. The Morgan fingerprint density at radius 2 is 1.05 bits per heavy atom. The predicted molar refractivity (Wildman–Crippen MR) is 139 cm³/mol. The molecule has 0 radical (unpaired) electrons. The number of fused-ring (bicyclic) bond motifs is 2. The summed E-state index contributed by atoms with van der Waals surface area (Å²) < 4.78 is 79.5. The monoisotopic (exact) mass is 569 g/mol.